The number of imide groups is 1. The van der Waals surface area contributed by atoms with Gasteiger partial charge in [-0.3, -0.25) is 29.6 Å². The summed E-state index contributed by atoms with van der Waals surface area (Å²) < 4.78 is 27.6. The monoisotopic (exact) mass is 649 g/mol. The Kier molecular flexibility index (Phi) is 8.09. The lowest BCUT2D eigenvalue weighted by molar-refractivity contribution is -0.136. The Morgan fingerprint density at radius 1 is 0.958 bits per heavy atom. The van der Waals surface area contributed by atoms with Gasteiger partial charge in [0.1, 0.15) is 29.2 Å². The van der Waals surface area contributed by atoms with Gasteiger partial charge in [0.25, 0.3) is 5.91 Å². The molecule has 11 heteroatoms. The molecule has 3 atom stereocenters. The van der Waals surface area contributed by atoms with E-state index >= 15 is 4.39 Å². The molecule has 2 aromatic heterocycles. The van der Waals surface area contributed by atoms with Crippen LogP contribution in [-0.2, 0) is 27.4 Å². The maximum Gasteiger partial charge on any atom is 0.255 e. The van der Waals surface area contributed by atoms with Crippen molar-refractivity contribution in [2.45, 2.75) is 62.8 Å². The summed E-state index contributed by atoms with van der Waals surface area (Å²) in [4.78, 5) is 50.1. The van der Waals surface area contributed by atoms with Gasteiger partial charge in [0.05, 0.1) is 0 Å². The van der Waals surface area contributed by atoms with Crippen molar-refractivity contribution < 1.29 is 28.2 Å². The van der Waals surface area contributed by atoms with E-state index in [1.807, 2.05) is 36.4 Å². The topological polar surface area (TPSA) is 114 Å². The average molecular weight is 650 g/mol. The lowest BCUT2D eigenvalue weighted by Gasteiger charge is -2.29. The Hall–Kier alpha value is -4.74. The molecule has 3 amide bonds. The molecule has 4 aliphatic rings. The molecule has 0 bridgehead atoms. The fourth-order valence-electron chi connectivity index (χ4n) is 7.67. The highest BCUT2D eigenvalue weighted by Gasteiger charge is 2.40. The van der Waals surface area contributed by atoms with Gasteiger partial charge in [-0.05, 0) is 84.5 Å². The zero-order valence-electron chi connectivity index (χ0n) is 26.4. The Bertz CT molecular complexity index is 1900. The van der Waals surface area contributed by atoms with Crippen LogP contribution in [0.2, 0.25) is 0 Å². The molecule has 4 aliphatic heterocycles. The minimum atomic E-state index is -0.670. The van der Waals surface area contributed by atoms with Crippen LogP contribution in [0, 0.1) is 5.82 Å². The predicted molar refractivity (Wildman–Crippen MR) is 174 cm³/mol. The first-order valence-electron chi connectivity index (χ1n) is 16.6. The number of halogens is 1. The molecule has 6 heterocycles. The van der Waals surface area contributed by atoms with Crippen LogP contribution < -0.4 is 10.1 Å². The number of pyridine rings is 2. The standard InChI is InChI=1S/C37H36FN5O5/c38-30-16-22(15-25-1-4-31(40-35(25)30)24-9-13-47-14-10-24)18-42-20-29(23-7-11-39-12-8-23)33(21-42)48-27-2-3-28-26(17-27)19-43(37(28)46)32-5-6-34(44)41-36(32)45/h1-4,7-8,11-12,15-17,24,29,32-33H,5-6,9-10,13-14,18-21H2,(H,41,44,45)/t29-,32-,33+/m0/s1. The van der Waals surface area contributed by atoms with Crippen LogP contribution in [0.4, 0.5) is 4.39 Å². The molecule has 246 valence electrons. The zero-order valence-corrected chi connectivity index (χ0v) is 26.4. The number of piperidine rings is 1. The lowest BCUT2D eigenvalue weighted by Crippen LogP contribution is -2.52. The number of carbonyl (C=O) groups is 3. The smallest absolute Gasteiger partial charge is 0.255 e. The molecule has 3 fully saturated rings. The minimum Gasteiger partial charge on any atom is -0.488 e. The molecule has 48 heavy (non-hydrogen) atoms. The highest BCUT2D eigenvalue weighted by Crippen LogP contribution is 2.35. The quantitative estimate of drug-likeness (QED) is 0.292. The minimum absolute atomic E-state index is 0.0388. The van der Waals surface area contributed by atoms with Crippen LogP contribution in [0.15, 0.2) is 67.0 Å². The summed E-state index contributed by atoms with van der Waals surface area (Å²) in [6.07, 6.45) is 5.68. The molecule has 0 radical (unpaired) electrons. The Labute approximate surface area is 277 Å². The number of ether oxygens (including phenoxy) is 2. The molecule has 0 aliphatic carbocycles. The van der Waals surface area contributed by atoms with E-state index in [-0.39, 0.29) is 42.6 Å². The summed E-state index contributed by atoms with van der Waals surface area (Å²) in [6.45, 7) is 3.58. The Morgan fingerprint density at radius 3 is 2.60 bits per heavy atom. The van der Waals surface area contributed by atoms with Gasteiger partial charge in [-0.25, -0.2) is 9.37 Å². The van der Waals surface area contributed by atoms with E-state index in [0.717, 1.165) is 40.6 Å². The van der Waals surface area contributed by atoms with E-state index in [1.165, 1.54) is 4.90 Å². The van der Waals surface area contributed by atoms with Crippen LogP contribution >= 0.6 is 0 Å². The number of rotatable bonds is 7. The first kappa shape index (κ1) is 30.6. The largest absolute Gasteiger partial charge is 0.488 e. The van der Waals surface area contributed by atoms with Gasteiger partial charge in [-0.15, -0.1) is 0 Å². The van der Waals surface area contributed by atoms with Crippen LogP contribution in [0.5, 0.6) is 5.75 Å². The highest BCUT2D eigenvalue weighted by atomic mass is 19.1. The van der Waals surface area contributed by atoms with Crippen molar-refractivity contribution in [2.75, 3.05) is 26.3 Å². The second-order valence-corrected chi connectivity index (χ2v) is 13.2. The summed E-state index contributed by atoms with van der Waals surface area (Å²) >= 11 is 0. The molecular formula is C37H36FN5O5. The highest BCUT2D eigenvalue weighted by molar-refractivity contribution is 6.05. The Morgan fingerprint density at radius 2 is 1.79 bits per heavy atom. The van der Waals surface area contributed by atoms with Gasteiger partial charge in [0.2, 0.25) is 11.8 Å². The molecular weight excluding hydrogens is 613 g/mol. The van der Waals surface area contributed by atoms with Crippen LogP contribution in [0.3, 0.4) is 0 Å². The van der Waals surface area contributed by atoms with Crippen molar-refractivity contribution in [3.63, 3.8) is 0 Å². The van der Waals surface area contributed by atoms with Crippen LogP contribution in [-0.4, -0.2) is 75.9 Å². The van der Waals surface area contributed by atoms with E-state index in [1.54, 1.807) is 30.6 Å². The third kappa shape index (κ3) is 5.92. The maximum atomic E-state index is 15.5. The molecule has 0 spiro atoms. The summed E-state index contributed by atoms with van der Waals surface area (Å²) in [5.41, 5.74) is 4.64. The molecule has 3 saturated heterocycles. The molecule has 2 aromatic carbocycles. The normalized spacial score (nSPS) is 23.5. The number of hydrogen-bond acceptors (Lipinski definition) is 8. The average Bonchev–Trinajstić information content (AvgIpc) is 3.64. The number of nitrogens with one attached hydrogen (secondary N) is 1. The van der Waals surface area contributed by atoms with Crippen molar-refractivity contribution >= 4 is 28.6 Å². The van der Waals surface area contributed by atoms with Gasteiger partial charge in [0, 0.05) is 86.7 Å². The van der Waals surface area contributed by atoms with Gasteiger partial charge in [-0.2, -0.15) is 0 Å². The van der Waals surface area contributed by atoms with Crippen molar-refractivity contribution in [3.05, 3.63) is 101 Å². The maximum absolute atomic E-state index is 15.5. The van der Waals surface area contributed by atoms with Gasteiger partial charge < -0.3 is 14.4 Å². The lowest BCUT2D eigenvalue weighted by atomic mass is 9.95. The molecule has 0 saturated carbocycles. The van der Waals surface area contributed by atoms with E-state index in [2.05, 4.69) is 15.2 Å². The summed E-state index contributed by atoms with van der Waals surface area (Å²) in [5, 5.41) is 3.14. The van der Waals surface area contributed by atoms with E-state index in [4.69, 9.17) is 14.5 Å². The van der Waals surface area contributed by atoms with Crippen LogP contribution in [0.1, 0.15) is 70.3 Å². The zero-order chi connectivity index (χ0) is 32.8. The van der Waals surface area contributed by atoms with E-state index in [0.29, 0.717) is 62.0 Å². The van der Waals surface area contributed by atoms with E-state index in [9.17, 15) is 14.4 Å². The fourth-order valence-corrected chi connectivity index (χ4v) is 7.67. The number of amides is 3. The van der Waals surface area contributed by atoms with Gasteiger partial charge in [-0.1, -0.05) is 6.07 Å². The third-order valence-electron chi connectivity index (χ3n) is 10.1. The van der Waals surface area contributed by atoms with Crippen molar-refractivity contribution in [1.82, 2.24) is 25.1 Å². The SMILES string of the molecule is O=C1CC[C@H](N2Cc3cc(O[C@@H]4CN(Cc5cc(F)c6nc(C7CCOCC7)ccc6c5)C[C@H]4c4ccncc4)ccc3C2=O)C(=O)N1. The number of hydrogen-bond donors (Lipinski definition) is 1. The molecule has 1 N–H and O–H groups in total. The fraction of sp³-hybridized carbons (Fsp3) is 0.378. The number of likely N-dealkylation sites (tertiary alicyclic amines) is 1. The first-order valence-corrected chi connectivity index (χ1v) is 16.6. The number of aromatic nitrogens is 2. The van der Waals surface area contributed by atoms with Crippen molar-refractivity contribution in [2.24, 2.45) is 0 Å². The number of carbonyl (C=O) groups excluding carboxylic acids is 3. The van der Waals surface area contributed by atoms with Crippen LogP contribution in [0.25, 0.3) is 10.9 Å². The predicted octanol–water partition coefficient (Wildman–Crippen LogP) is 4.47. The number of benzene rings is 2. The Balaban J connectivity index is 0.998. The second-order valence-electron chi connectivity index (χ2n) is 13.2. The molecule has 8 rings (SSSR count). The first-order chi connectivity index (χ1) is 23.4. The summed E-state index contributed by atoms with van der Waals surface area (Å²) in [6, 6.07) is 16.4. The van der Waals surface area contributed by atoms with Gasteiger partial charge in [0.15, 0.2) is 0 Å². The van der Waals surface area contributed by atoms with Crippen molar-refractivity contribution in [3.8, 4) is 5.75 Å². The third-order valence-corrected chi connectivity index (χ3v) is 10.1. The van der Waals surface area contributed by atoms with Crippen molar-refractivity contribution in [1.29, 1.82) is 0 Å². The summed E-state index contributed by atoms with van der Waals surface area (Å²) in [7, 11) is 0. The molecule has 10 nitrogen and oxygen atoms in total. The number of fused-ring (bicyclic) bond motifs is 2. The molecule has 4 aromatic rings. The van der Waals surface area contributed by atoms with Gasteiger partial charge >= 0.3 is 0 Å². The second kappa shape index (κ2) is 12.7. The summed E-state index contributed by atoms with van der Waals surface area (Å²) in [5.74, 6) is -0.300. The van der Waals surface area contributed by atoms with E-state index < -0.39 is 11.9 Å². The molecule has 0 unspecified atom stereocenters. The number of nitrogens with zero attached hydrogens (tertiary/aromatic N) is 4.